The van der Waals surface area contributed by atoms with E-state index in [0.717, 1.165) is 19.6 Å². The smallest absolute Gasteiger partial charge is 0.0527 e. The second kappa shape index (κ2) is 5.64. The Kier molecular flexibility index (Phi) is 3.85. The van der Waals surface area contributed by atoms with Crippen LogP contribution in [0.25, 0.3) is 0 Å². The summed E-state index contributed by atoms with van der Waals surface area (Å²) in [6, 6.07) is 4.67. The number of aromatic amines is 1. The van der Waals surface area contributed by atoms with Crippen molar-refractivity contribution in [1.29, 1.82) is 0 Å². The predicted octanol–water partition coefficient (Wildman–Crippen LogP) is 2.74. The summed E-state index contributed by atoms with van der Waals surface area (Å²) in [6.07, 6.45) is 6.21. The molecule has 0 spiro atoms. The largest absolute Gasteiger partial charge is 0.297 e. The van der Waals surface area contributed by atoms with Crippen molar-refractivity contribution in [3.05, 3.63) is 35.9 Å². The maximum Gasteiger partial charge on any atom is 0.0527 e. The summed E-state index contributed by atoms with van der Waals surface area (Å²) in [5.41, 5.74) is 2.74. The number of piperidine rings is 1. The van der Waals surface area contributed by atoms with Crippen molar-refractivity contribution in [3.8, 4) is 0 Å². The summed E-state index contributed by atoms with van der Waals surface area (Å²) in [6.45, 7) is 9.91. The third kappa shape index (κ3) is 2.88. The molecule has 1 N–H and O–H groups in total. The fourth-order valence-corrected chi connectivity index (χ4v) is 3.45. The van der Waals surface area contributed by atoms with Crippen LogP contribution in [0.3, 0.4) is 0 Å². The maximum absolute atomic E-state index is 4.44. The van der Waals surface area contributed by atoms with Gasteiger partial charge in [0.25, 0.3) is 0 Å². The zero-order chi connectivity index (χ0) is 14.9. The van der Waals surface area contributed by atoms with Crippen molar-refractivity contribution in [2.45, 2.75) is 51.6 Å². The third-order valence-electron chi connectivity index (χ3n) is 4.55. The van der Waals surface area contributed by atoms with Crippen molar-refractivity contribution in [2.24, 2.45) is 0 Å². The summed E-state index contributed by atoms with van der Waals surface area (Å²) < 4.78 is 2.13. The topological polar surface area (TPSA) is 49.7 Å². The minimum Gasteiger partial charge on any atom is -0.297 e. The van der Waals surface area contributed by atoms with Crippen molar-refractivity contribution in [3.63, 3.8) is 0 Å². The molecule has 21 heavy (non-hydrogen) atoms. The van der Waals surface area contributed by atoms with E-state index in [-0.39, 0.29) is 5.41 Å². The van der Waals surface area contributed by atoms with Gasteiger partial charge in [-0.3, -0.25) is 14.7 Å². The quantitative estimate of drug-likeness (QED) is 0.940. The van der Waals surface area contributed by atoms with Gasteiger partial charge in [-0.25, -0.2) is 0 Å². The first-order valence-corrected chi connectivity index (χ1v) is 7.83. The molecule has 3 heterocycles. The molecule has 1 saturated heterocycles. The molecule has 114 valence electrons. The Bertz CT molecular complexity index is 571. The molecule has 0 amide bonds. The van der Waals surface area contributed by atoms with Gasteiger partial charge in [-0.15, -0.1) is 0 Å². The van der Waals surface area contributed by atoms with Gasteiger partial charge >= 0.3 is 0 Å². The van der Waals surface area contributed by atoms with Crippen LogP contribution in [0, 0.1) is 0 Å². The molecule has 2 aromatic rings. The lowest BCUT2D eigenvalue weighted by molar-refractivity contribution is 0.143. The highest BCUT2D eigenvalue weighted by Crippen LogP contribution is 2.32. The highest BCUT2D eigenvalue weighted by atomic mass is 15.3. The minimum absolute atomic E-state index is 0.178. The molecule has 0 saturated carbocycles. The second-order valence-corrected chi connectivity index (χ2v) is 6.71. The van der Waals surface area contributed by atoms with Crippen LogP contribution in [0.1, 0.15) is 51.0 Å². The van der Waals surface area contributed by atoms with Gasteiger partial charge in [0.15, 0.2) is 0 Å². The lowest BCUT2D eigenvalue weighted by Crippen LogP contribution is -2.44. The van der Waals surface area contributed by atoms with E-state index in [1.165, 1.54) is 24.2 Å². The van der Waals surface area contributed by atoms with Crippen LogP contribution in [0.2, 0.25) is 0 Å². The number of H-pyrrole nitrogens is 1. The summed E-state index contributed by atoms with van der Waals surface area (Å²) in [5, 5.41) is 11.7. The zero-order valence-corrected chi connectivity index (χ0v) is 13.2. The molecule has 1 aliphatic rings. The minimum atomic E-state index is 0.178. The van der Waals surface area contributed by atoms with Gasteiger partial charge < -0.3 is 0 Å². The first kappa shape index (κ1) is 14.3. The average molecular weight is 287 g/mol. The van der Waals surface area contributed by atoms with Gasteiger partial charge in [-0.2, -0.15) is 10.2 Å². The van der Waals surface area contributed by atoms with E-state index < -0.39 is 0 Å². The number of aromatic nitrogens is 4. The van der Waals surface area contributed by atoms with Crippen LogP contribution in [0.5, 0.6) is 0 Å². The Morgan fingerprint density at radius 2 is 2.19 bits per heavy atom. The standard InChI is InChI=1S/C16H25N5/c1-13(2)21-14(5-9-18-21)11-20-10-4-7-16(3,12-20)15-6-8-17-19-15/h5-6,8-9,13H,4,7,10-12H2,1-3H3,(H,17,19)/t16-/m1/s1. The van der Waals surface area contributed by atoms with Crippen molar-refractivity contribution in [1.82, 2.24) is 24.9 Å². The van der Waals surface area contributed by atoms with E-state index in [2.05, 4.69) is 57.8 Å². The molecule has 0 radical (unpaired) electrons. The van der Waals surface area contributed by atoms with Gasteiger partial charge in [-0.05, 0) is 45.4 Å². The molecule has 5 nitrogen and oxygen atoms in total. The Labute approximate surface area is 126 Å². The highest BCUT2D eigenvalue weighted by molar-refractivity contribution is 5.16. The Hall–Kier alpha value is -1.62. The van der Waals surface area contributed by atoms with Crippen molar-refractivity contribution >= 4 is 0 Å². The van der Waals surface area contributed by atoms with Crippen LogP contribution in [0.15, 0.2) is 24.5 Å². The van der Waals surface area contributed by atoms with E-state index in [0.29, 0.717) is 6.04 Å². The zero-order valence-electron chi connectivity index (χ0n) is 13.2. The van der Waals surface area contributed by atoms with E-state index >= 15 is 0 Å². The lowest BCUT2D eigenvalue weighted by Gasteiger charge is -2.40. The molecule has 1 atom stereocenters. The van der Waals surface area contributed by atoms with Crippen molar-refractivity contribution in [2.75, 3.05) is 13.1 Å². The van der Waals surface area contributed by atoms with Crippen LogP contribution >= 0.6 is 0 Å². The Morgan fingerprint density at radius 3 is 2.90 bits per heavy atom. The molecule has 0 bridgehead atoms. The Morgan fingerprint density at radius 1 is 1.33 bits per heavy atom. The molecule has 2 aromatic heterocycles. The lowest BCUT2D eigenvalue weighted by atomic mass is 9.79. The first-order chi connectivity index (χ1) is 10.1. The van der Waals surface area contributed by atoms with Gasteiger partial charge in [0, 0.05) is 42.6 Å². The molecule has 3 rings (SSSR count). The highest BCUT2D eigenvalue weighted by Gasteiger charge is 2.34. The predicted molar refractivity (Wildman–Crippen MR) is 83.1 cm³/mol. The molecule has 1 fully saturated rings. The van der Waals surface area contributed by atoms with Gasteiger partial charge in [0.05, 0.1) is 5.69 Å². The SMILES string of the molecule is CC(C)n1nccc1CN1CCC[C@@](C)(c2ccn[nH]2)C1. The number of likely N-dealkylation sites (tertiary alicyclic amines) is 1. The van der Waals surface area contributed by atoms with Crippen LogP contribution < -0.4 is 0 Å². The number of hydrogen-bond donors (Lipinski definition) is 1. The maximum atomic E-state index is 4.44. The van der Waals surface area contributed by atoms with Crippen LogP contribution in [-0.2, 0) is 12.0 Å². The van der Waals surface area contributed by atoms with E-state index in [9.17, 15) is 0 Å². The van der Waals surface area contributed by atoms with Gasteiger partial charge in [0.1, 0.15) is 0 Å². The van der Waals surface area contributed by atoms with E-state index in [4.69, 9.17) is 0 Å². The molecule has 0 unspecified atom stereocenters. The normalized spacial score (nSPS) is 23.8. The van der Waals surface area contributed by atoms with Gasteiger partial charge in [-0.1, -0.05) is 6.92 Å². The monoisotopic (exact) mass is 287 g/mol. The Balaban J connectivity index is 1.73. The third-order valence-corrected chi connectivity index (χ3v) is 4.55. The summed E-state index contributed by atoms with van der Waals surface area (Å²) in [5.74, 6) is 0. The fraction of sp³-hybridized carbons (Fsp3) is 0.625. The molecule has 0 aliphatic carbocycles. The van der Waals surface area contributed by atoms with E-state index in [1.807, 2.05) is 12.4 Å². The van der Waals surface area contributed by atoms with E-state index in [1.54, 1.807) is 0 Å². The number of nitrogens with zero attached hydrogens (tertiary/aromatic N) is 4. The molecular weight excluding hydrogens is 262 g/mol. The number of rotatable bonds is 4. The number of hydrogen-bond acceptors (Lipinski definition) is 3. The molecule has 5 heteroatoms. The summed E-state index contributed by atoms with van der Waals surface area (Å²) in [4.78, 5) is 2.54. The van der Waals surface area contributed by atoms with Crippen LogP contribution in [-0.4, -0.2) is 38.0 Å². The van der Waals surface area contributed by atoms with Gasteiger partial charge in [0.2, 0.25) is 0 Å². The number of nitrogens with one attached hydrogen (secondary N) is 1. The summed E-state index contributed by atoms with van der Waals surface area (Å²) in [7, 11) is 0. The first-order valence-electron chi connectivity index (χ1n) is 7.83. The fourth-order valence-electron chi connectivity index (χ4n) is 3.45. The molecule has 1 aliphatic heterocycles. The van der Waals surface area contributed by atoms with Crippen molar-refractivity contribution < 1.29 is 0 Å². The van der Waals surface area contributed by atoms with Crippen LogP contribution in [0.4, 0.5) is 0 Å². The second-order valence-electron chi connectivity index (χ2n) is 6.71. The average Bonchev–Trinajstić information content (AvgIpc) is 3.09. The molecular formula is C16H25N5. The summed E-state index contributed by atoms with van der Waals surface area (Å²) >= 11 is 0. The molecule has 0 aromatic carbocycles.